The Bertz CT molecular complexity index is 1940. The van der Waals surface area contributed by atoms with E-state index in [9.17, 15) is 24.5 Å². The maximum Gasteiger partial charge on any atom is 0.305 e. The molecule has 3 heterocycles. The zero-order chi connectivity index (χ0) is 31.1. The molecule has 2 amide bonds. The topological polar surface area (TPSA) is 123 Å². The van der Waals surface area contributed by atoms with Crippen molar-refractivity contribution in [3.05, 3.63) is 113 Å². The average Bonchev–Trinajstić information content (AvgIpc) is 3.76. The maximum atomic E-state index is 14.1. The summed E-state index contributed by atoms with van der Waals surface area (Å²) in [6.07, 6.45) is 0.711. The van der Waals surface area contributed by atoms with Crippen molar-refractivity contribution < 1.29 is 19.2 Å². The SMILES string of the molecule is Cc1ccc(N2C(=O)C3C(C2=O)[C@@H]2C[C@H]3C3Sc4[nH]c(=O)sc4C(c4cc([N+](=O)[O-])ccc4OCc4ccc(Cl)cc4)C32)cc1. The summed E-state index contributed by atoms with van der Waals surface area (Å²) in [5, 5.41) is 13.3. The van der Waals surface area contributed by atoms with E-state index in [0.717, 1.165) is 32.4 Å². The lowest BCUT2D eigenvalue weighted by Gasteiger charge is -2.43. The van der Waals surface area contributed by atoms with Crippen LogP contribution in [0.3, 0.4) is 0 Å². The molecule has 7 atom stereocenters. The number of nitro benzene ring substituents is 1. The third kappa shape index (κ3) is 4.46. The van der Waals surface area contributed by atoms with Gasteiger partial charge in [-0.15, -0.1) is 11.8 Å². The van der Waals surface area contributed by atoms with Crippen LogP contribution in [0.2, 0.25) is 5.02 Å². The van der Waals surface area contributed by atoms with Gasteiger partial charge in [0.2, 0.25) is 11.8 Å². The number of amides is 2. The number of aromatic amines is 1. The van der Waals surface area contributed by atoms with Gasteiger partial charge >= 0.3 is 4.87 Å². The first-order chi connectivity index (χ1) is 21.7. The summed E-state index contributed by atoms with van der Waals surface area (Å²) in [6, 6.07) is 19.3. The van der Waals surface area contributed by atoms with Crippen molar-refractivity contribution in [2.24, 2.45) is 29.6 Å². The fraction of sp³-hybridized carbons (Fsp3) is 0.303. The van der Waals surface area contributed by atoms with Crippen molar-refractivity contribution >= 4 is 57.9 Å². The third-order valence-electron chi connectivity index (χ3n) is 9.86. The zero-order valence-electron chi connectivity index (χ0n) is 23.8. The summed E-state index contributed by atoms with van der Waals surface area (Å²) in [5.41, 5.74) is 3.02. The summed E-state index contributed by atoms with van der Waals surface area (Å²) >= 11 is 8.73. The van der Waals surface area contributed by atoms with Crippen LogP contribution in [0.4, 0.5) is 11.4 Å². The van der Waals surface area contributed by atoms with Crippen molar-refractivity contribution in [2.45, 2.75) is 36.1 Å². The number of nitrogens with zero attached hydrogens (tertiary/aromatic N) is 2. The van der Waals surface area contributed by atoms with E-state index in [2.05, 4.69) is 4.98 Å². The fourth-order valence-electron chi connectivity index (χ4n) is 8.08. The van der Waals surface area contributed by atoms with Gasteiger partial charge in [-0.1, -0.05) is 52.8 Å². The molecule has 8 rings (SSSR count). The van der Waals surface area contributed by atoms with E-state index in [-0.39, 0.29) is 52.0 Å². The predicted octanol–water partition coefficient (Wildman–Crippen LogP) is 6.56. The number of benzene rings is 3. The zero-order valence-corrected chi connectivity index (χ0v) is 26.2. The number of aryl methyl sites for hydroxylation is 1. The van der Waals surface area contributed by atoms with E-state index in [1.807, 2.05) is 43.3 Å². The minimum Gasteiger partial charge on any atom is -0.489 e. The number of anilines is 1. The summed E-state index contributed by atoms with van der Waals surface area (Å²) in [6.45, 7) is 2.17. The van der Waals surface area contributed by atoms with Crippen molar-refractivity contribution in [2.75, 3.05) is 4.90 Å². The molecule has 3 fully saturated rings. The molecule has 0 spiro atoms. The molecule has 1 saturated heterocycles. The molecule has 4 aliphatic rings. The van der Waals surface area contributed by atoms with Gasteiger partial charge in [0, 0.05) is 38.8 Å². The van der Waals surface area contributed by atoms with E-state index in [4.69, 9.17) is 16.3 Å². The number of H-pyrrole nitrogens is 1. The molecule has 5 unspecified atom stereocenters. The smallest absolute Gasteiger partial charge is 0.305 e. The number of thioether (sulfide) groups is 1. The Hall–Kier alpha value is -3.93. The third-order valence-corrected chi connectivity index (χ3v) is 12.7. The van der Waals surface area contributed by atoms with Gasteiger partial charge in [0.25, 0.3) is 5.69 Å². The first-order valence-corrected chi connectivity index (χ1v) is 16.8. The highest BCUT2D eigenvalue weighted by Crippen LogP contribution is 2.69. The normalized spacial score (nSPS) is 27.8. The van der Waals surface area contributed by atoms with Crippen LogP contribution in [0, 0.1) is 46.6 Å². The lowest BCUT2D eigenvalue weighted by molar-refractivity contribution is -0.385. The van der Waals surface area contributed by atoms with Crippen molar-refractivity contribution in [1.29, 1.82) is 0 Å². The van der Waals surface area contributed by atoms with Crippen molar-refractivity contribution in [3.8, 4) is 5.75 Å². The van der Waals surface area contributed by atoms with Crippen molar-refractivity contribution in [3.63, 3.8) is 0 Å². The van der Waals surface area contributed by atoms with Gasteiger partial charge in [0.15, 0.2) is 0 Å². The van der Waals surface area contributed by atoms with Crippen LogP contribution >= 0.6 is 34.7 Å². The van der Waals surface area contributed by atoms with E-state index in [1.54, 1.807) is 36.0 Å². The number of carbonyl (C=O) groups excluding carboxylic acids is 2. The van der Waals surface area contributed by atoms with Gasteiger partial charge in [-0.05, 0) is 67.0 Å². The molecule has 9 nitrogen and oxygen atoms in total. The molecule has 12 heteroatoms. The minimum absolute atomic E-state index is 0.0582. The second-order valence-electron chi connectivity index (χ2n) is 12.2. The van der Waals surface area contributed by atoms with Crippen LogP contribution in [0.15, 0.2) is 76.6 Å². The standard InChI is InChI=1S/C33H26ClN3O6S2/c1-15-2-8-18(9-3-15)36-31(38)26-21-13-22(27(26)32(36)39)28-25(21)24(29-30(44-28)35-33(40)45-29)20-12-19(37(41)42)10-11-23(20)43-14-16-4-6-17(34)7-5-16/h2-12,21-22,24-28H,13-14H2,1H3,(H,35,40)/t21-,22-,24?,25?,26?,27?,28?/m1/s1. The molecular weight excluding hydrogens is 634 g/mol. The van der Waals surface area contributed by atoms with E-state index < -0.39 is 22.7 Å². The van der Waals surface area contributed by atoms with Crippen molar-refractivity contribution in [1.82, 2.24) is 4.98 Å². The highest BCUT2D eigenvalue weighted by Gasteiger charge is 2.70. The molecule has 45 heavy (non-hydrogen) atoms. The fourth-order valence-corrected chi connectivity index (χ4v) is 11.1. The predicted molar refractivity (Wildman–Crippen MR) is 171 cm³/mol. The maximum absolute atomic E-state index is 14.1. The minimum atomic E-state index is -0.484. The number of nitro groups is 1. The van der Waals surface area contributed by atoms with Crippen LogP contribution in [-0.4, -0.2) is 27.0 Å². The molecule has 2 saturated carbocycles. The molecule has 3 aromatic carbocycles. The first-order valence-electron chi connectivity index (χ1n) is 14.7. The second kappa shape index (κ2) is 10.6. The lowest BCUT2D eigenvalue weighted by atomic mass is 9.68. The molecule has 2 aliphatic heterocycles. The first kappa shape index (κ1) is 28.5. The Kier molecular flexibility index (Phi) is 6.70. The Morgan fingerprint density at radius 3 is 2.42 bits per heavy atom. The van der Waals surface area contributed by atoms with E-state index in [0.29, 0.717) is 28.4 Å². The van der Waals surface area contributed by atoms with Crippen LogP contribution in [-0.2, 0) is 16.2 Å². The summed E-state index contributed by atoms with van der Waals surface area (Å²) in [7, 11) is 0. The summed E-state index contributed by atoms with van der Waals surface area (Å²) in [5.74, 6) is -1.55. The van der Waals surface area contributed by atoms with E-state index >= 15 is 0 Å². The molecule has 228 valence electrons. The number of non-ortho nitro benzene ring substituents is 1. The number of carbonyl (C=O) groups is 2. The Morgan fingerprint density at radius 2 is 1.71 bits per heavy atom. The van der Waals surface area contributed by atoms with Crippen LogP contribution in [0.25, 0.3) is 0 Å². The number of halogens is 1. The molecular formula is C33H26ClN3O6S2. The number of fused-ring (bicyclic) bond motifs is 9. The number of hydrogen-bond donors (Lipinski definition) is 1. The molecule has 1 N–H and O–H groups in total. The highest BCUT2D eigenvalue weighted by molar-refractivity contribution is 8.00. The number of imide groups is 1. The second-order valence-corrected chi connectivity index (χ2v) is 14.8. The lowest BCUT2D eigenvalue weighted by Crippen LogP contribution is -2.42. The molecule has 2 aliphatic carbocycles. The number of hydrogen-bond acceptors (Lipinski definition) is 8. The van der Waals surface area contributed by atoms with Crippen LogP contribution < -0.4 is 14.5 Å². The molecule has 4 aromatic rings. The Labute approximate surface area is 270 Å². The van der Waals surface area contributed by atoms with Gasteiger partial charge in [0.1, 0.15) is 12.4 Å². The number of rotatable bonds is 6. The number of ether oxygens (including phenoxy) is 1. The van der Waals surface area contributed by atoms with Gasteiger partial charge < -0.3 is 9.72 Å². The average molecular weight is 660 g/mol. The van der Waals surface area contributed by atoms with Gasteiger partial charge in [-0.2, -0.15) is 0 Å². The molecule has 1 aromatic heterocycles. The van der Waals surface area contributed by atoms with Gasteiger partial charge in [0.05, 0.1) is 27.5 Å². The van der Waals surface area contributed by atoms with E-state index in [1.165, 1.54) is 11.0 Å². The van der Waals surface area contributed by atoms with Gasteiger partial charge in [-0.25, -0.2) is 0 Å². The number of thiazole rings is 1. The number of nitrogens with one attached hydrogen (secondary N) is 1. The number of aromatic nitrogens is 1. The highest BCUT2D eigenvalue weighted by atomic mass is 35.5. The molecule has 2 bridgehead atoms. The Balaban J connectivity index is 1.22. The van der Waals surface area contributed by atoms with Gasteiger partial charge in [-0.3, -0.25) is 29.4 Å². The summed E-state index contributed by atoms with van der Waals surface area (Å²) in [4.78, 5) is 57.2. The summed E-state index contributed by atoms with van der Waals surface area (Å²) < 4.78 is 6.33. The van der Waals surface area contributed by atoms with Crippen LogP contribution in [0.1, 0.15) is 33.9 Å². The largest absolute Gasteiger partial charge is 0.489 e. The quantitative estimate of drug-likeness (QED) is 0.141. The Morgan fingerprint density at radius 1 is 1.00 bits per heavy atom. The molecule has 0 radical (unpaired) electrons. The van der Waals surface area contributed by atoms with Crippen LogP contribution in [0.5, 0.6) is 5.75 Å². The monoisotopic (exact) mass is 659 g/mol.